The first kappa shape index (κ1) is 23.4. The normalized spacial score (nSPS) is 22.2. The number of rotatable bonds is 6. The first-order chi connectivity index (χ1) is 18.0. The lowest BCUT2D eigenvalue weighted by Crippen LogP contribution is -2.37. The summed E-state index contributed by atoms with van der Waals surface area (Å²) in [4.78, 5) is 35.2. The fraction of sp³-hybridized carbons (Fsp3) is 0.308. The van der Waals surface area contributed by atoms with Gasteiger partial charge in [0.2, 0.25) is 0 Å². The number of fused-ring (bicyclic) bond motifs is 2. The van der Waals surface area contributed by atoms with Gasteiger partial charge in [-0.3, -0.25) is 9.59 Å². The molecule has 3 aliphatic rings. The number of thiophene rings is 1. The number of hydrogen-bond donors (Lipinski definition) is 4. The van der Waals surface area contributed by atoms with Crippen LogP contribution in [0.1, 0.15) is 50.7 Å². The van der Waals surface area contributed by atoms with Crippen molar-refractivity contribution in [1.82, 2.24) is 31.6 Å². The highest BCUT2D eigenvalue weighted by Gasteiger charge is 2.33. The van der Waals surface area contributed by atoms with Crippen LogP contribution in [0.15, 0.2) is 70.3 Å². The van der Waals surface area contributed by atoms with Crippen LogP contribution in [0.3, 0.4) is 0 Å². The summed E-state index contributed by atoms with van der Waals surface area (Å²) in [5.74, 6) is -0.441. The summed E-state index contributed by atoms with van der Waals surface area (Å²) in [5.41, 5.74) is 9.44. The molecular formula is C26H26N8O2S. The lowest BCUT2D eigenvalue weighted by Gasteiger charge is -2.23. The summed E-state index contributed by atoms with van der Waals surface area (Å²) in [7, 11) is 0. The maximum atomic E-state index is 13.0. The Labute approximate surface area is 217 Å². The average molecular weight is 515 g/mol. The van der Waals surface area contributed by atoms with Crippen LogP contribution in [0, 0.1) is 12.8 Å². The predicted octanol–water partition coefficient (Wildman–Crippen LogP) is 3.50. The molecule has 2 aliphatic carbocycles. The van der Waals surface area contributed by atoms with E-state index in [9.17, 15) is 9.59 Å². The van der Waals surface area contributed by atoms with E-state index < -0.39 is 0 Å². The number of amides is 2. The highest BCUT2D eigenvalue weighted by Crippen LogP contribution is 2.37. The molecule has 1 aliphatic heterocycles. The predicted molar refractivity (Wildman–Crippen MR) is 139 cm³/mol. The fourth-order valence-corrected chi connectivity index (χ4v) is 6.06. The van der Waals surface area contributed by atoms with Crippen LogP contribution in [0.25, 0.3) is 10.1 Å². The lowest BCUT2D eigenvalue weighted by atomic mass is 9.89. The Bertz CT molecular complexity index is 1480. The Balaban J connectivity index is 1.08. The number of hydrazine groups is 1. The van der Waals surface area contributed by atoms with Crippen molar-refractivity contribution in [2.45, 2.75) is 44.9 Å². The van der Waals surface area contributed by atoms with E-state index >= 15 is 0 Å². The molecule has 0 saturated heterocycles. The first-order valence-corrected chi connectivity index (χ1v) is 13.1. The Morgan fingerprint density at radius 3 is 2.84 bits per heavy atom. The molecule has 1 saturated carbocycles. The van der Waals surface area contributed by atoms with Gasteiger partial charge in [0.05, 0.1) is 6.04 Å². The van der Waals surface area contributed by atoms with E-state index in [0.717, 1.165) is 30.4 Å². The molecule has 2 unspecified atom stereocenters. The lowest BCUT2D eigenvalue weighted by molar-refractivity contribution is 0.0938. The maximum Gasteiger partial charge on any atom is 0.270 e. The smallest absolute Gasteiger partial charge is 0.270 e. The summed E-state index contributed by atoms with van der Waals surface area (Å²) >= 11 is 1.73. The van der Waals surface area contributed by atoms with Gasteiger partial charge in [-0.25, -0.2) is 15.5 Å². The number of carbonyl (C=O) groups is 2. The second-order valence-electron chi connectivity index (χ2n) is 9.43. The van der Waals surface area contributed by atoms with Gasteiger partial charge in [-0.05, 0) is 60.4 Å². The van der Waals surface area contributed by atoms with E-state index in [1.165, 1.54) is 32.9 Å². The zero-order chi connectivity index (χ0) is 25.4. The largest absolute Gasteiger partial charge is 0.347 e. The molecule has 37 heavy (non-hydrogen) atoms. The third-order valence-corrected chi connectivity index (χ3v) is 7.94. The van der Waals surface area contributed by atoms with Gasteiger partial charge in [0.25, 0.3) is 11.8 Å². The highest BCUT2D eigenvalue weighted by molar-refractivity contribution is 7.19. The highest BCUT2D eigenvalue weighted by atomic mass is 32.1. The molecule has 2 amide bonds. The fourth-order valence-electron chi connectivity index (χ4n) is 5.07. The summed E-state index contributed by atoms with van der Waals surface area (Å²) in [6, 6.07) is 9.66. The second kappa shape index (κ2) is 9.83. The molecule has 3 aromatic rings. The van der Waals surface area contributed by atoms with Crippen LogP contribution in [0.2, 0.25) is 0 Å². The van der Waals surface area contributed by atoms with Gasteiger partial charge in [-0.2, -0.15) is 5.43 Å². The van der Waals surface area contributed by atoms with Crippen LogP contribution in [-0.2, 0) is 6.54 Å². The molecule has 4 N–H and O–H groups in total. The summed E-state index contributed by atoms with van der Waals surface area (Å²) in [5, 5.41) is 15.1. The van der Waals surface area contributed by atoms with Crippen molar-refractivity contribution in [3.05, 3.63) is 81.8 Å². The number of nitrogens with one attached hydrogen (secondary N) is 4. The van der Waals surface area contributed by atoms with Crippen molar-refractivity contribution >= 4 is 33.2 Å². The van der Waals surface area contributed by atoms with Gasteiger partial charge in [0.15, 0.2) is 0 Å². The van der Waals surface area contributed by atoms with Crippen LogP contribution in [0.4, 0.5) is 0 Å². The topological polar surface area (TPSA) is 133 Å². The van der Waals surface area contributed by atoms with Gasteiger partial charge >= 0.3 is 0 Å². The number of carbonyl (C=O) groups excluding carboxylic acids is 2. The number of nitrogens with zero attached hydrogens (tertiary/aromatic N) is 4. The Hall–Kier alpha value is -3.96. The van der Waals surface area contributed by atoms with E-state index in [1.807, 2.05) is 6.07 Å². The number of aryl methyl sites for hydroxylation is 1. The number of aromatic nitrogens is 2. The monoisotopic (exact) mass is 514 g/mol. The molecule has 0 radical (unpaired) electrons. The Morgan fingerprint density at radius 2 is 2.00 bits per heavy atom. The quantitative estimate of drug-likeness (QED) is 0.398. The standard InChI is InChI=1S/C26H26N8O2S/c1-14-8-17-3-2-15(9-23(17)37-14)12-27-25(35)21-11-22(29-13-28-21)26(36)30-20-7-5-16-10-18(4-6-19(16)20)24-31-33-34-32-24/h2-3,6,8-11,13,18,20,24H,4-5,7,12H2,1H3,(H,27,35)(H,30,36)(H,31,34)(H,32,33)/t18?,20-/m0/s1. The number of benzene rings is 1. The summed E-state index contributed by atoms with van der Waals surface area (Å²) in [6.45, 7) is 2.45. The summed E-state index contributed by atoms with van der Waals surface area (Å²) in [6.07, 6.45) is 8.12. The number of hydrogen-bond acceptors (Lipinski definition) is 9. The Morgan fingerprint density at radius 1 is 1.14 bits per heavy atom. The molecule has 3 atom stereocenters. The van der Waals surface area contributed by atoms with Gasteiger partial charge in [0.1, 0.15) is 23.9 Å². The minimum atomic E-state index is -0.349. The molecule has 0 bridgehead atoms. The van der Waals surface area contributed by atoms with Crippen LogP contribution >= 0.6 is 11.3 Å². The molecule has 6 rings (SSSR count). The van der Waals surface area contributed by atoms with E-state index in [2.05, 4.69) is 79.2 Å². The minimum Gasteiger partial charge on any atom is -0.347 e. The SMILES string of the molecule is Cc1cc2ccc(CNC(=O)c3cc(C(=O)N[C@H]4CCC5=CC(C6N=NNN6)CC=C54)ncn3)cc2s1. The number of allylic oxidation sites excluding steroid dienone is 1. The molecule has 0 spiro atoms. The molecule has 11 heteroatoms. The van der Waals surface area contributed by atoms with E-state index in [-0.39, 0.29) is 41.3 Å². The average Bonchev–Trinajstić information content (AvgIpc) is 3.66. The van der Waals surface area contributed by atoms with Crippen molar-refractivity contribution in [3.8, 4) is 0 Å². The maximum absolute atomic E-state index is 13.0. The van der Waals surface area contributed by atoms with Gasteiger partial charge in [-0.15, -0.1) is 16.5 Å². The Kier molecular flexibility index (Phi) is 6.23. The van der Waals surface area contributed by atoms with E-state index in [1.54, 1.807) is 11.3 Å². The van der Waals surface area contributed by atoms with Gasteiger partial charge in [0, 0.05) is 28.1 Å². The third-order valence-electron chi connectivity index (χ3n) is 6.92. The molecule has 2 aromatic heterocycles. The van der Waals surface area contributed by atoms with Gasteiger partial charge in [-0.1, -0.05) is 29.5 Å². The van der Waals surface area contributed by atoms with Crippen molar-refractivity contribution in [1.29, 1.82) is 0 Å². The van der Waals surface area contributed by atoms with Crippen molar-refractivity contribution in [2.24, 2.45) is 16.3 Å². The zero-order valence-electron chi connectivity index (χ0n) is 20.2. The molecular weight excluding hydrogens is 488 g/mol. The van der Waals surface area contributed by atoms with Gasteiger partial charge < -0.3 is 10.6 Å². The zero-order valence-corrected chi connectivity index (χ0v) is 21.0. The molecule has 188 valence electrons. The van der Waals surface area contributed by atoms with Crippen LogP contribution < -0.4 is 21.6 Å². The first-order valence-electron chi connectivity index (χ1n) is 12.3. The molecule has 1 aromatic carbocycles. The van der Waals surface area contributed by atoms with Crippen LogP contribution in [0.5, 0.6) is 0 Å². The van der Waals surface area contributed by atoms with Crippen molar-refractivity contribution in [3.63, 3.8) is 0 Å². The van der Waals surface area contributed by atoms with Crippen LogP contribution in [-0.4, -0.2) is 34.0 Å². The molecule has 10 nitrogen and oxygen atoms in total. The minimum absolute atomic E-state index is 0.0766. The summed E-state index contributed by atoms with van der Waals surface area (Å²) < 4.78 is 1.19. The molecule has 3 heterocycles. The third kappa shape index (κ3) is 4.87. The second-order valence-corrected chi connectivity index (χ2v) is 10.7. The van der Waals surface area contributed by atoms with E-state index in [0.29, 0.717) is 6.54 Å². The van der Waals surface area contributed by atoms with E-state index in [4.69, 9.17) is 0 Å². The van der Waals surface area contributed by atoms with Crippen molar-refractivity contribution in [2.75, 3.05) is 0 Å². The molecule has 1 fully saturated rings. The van der Waals surface area contributed by atoms with Crippen molar-refractivity contribution < 1.29 is 9.59 Å².